The van der Waals surface area contributed by atoms with Gasteiger partial charge in [-0.15, -0.1) is 0 Å². The molecule has 0 bridgehead atoms. The van der Waals surface area contributed by atoms with E-state index in [-0.39, 0.29) is 5.57 Å². The summed E-state index contributed by atoms with van der Waals surface area (Å²) >= 11 is 0. The molecule has 0 heterocycles. The van der Waals surface area contributed by atoms with Crippen LogP contribution in [0.25, 0.3) is 6.08 Å². The molecule has 0 aliphatic carbocycles. The lowest BCUT2D eigenvalue weighted by molar-refractivity contribution is -0.112. The minimum Gasteiger partial charge on any atom is -0.492 e. The molecule has 5 heteroatoms. The van der Waals surface area contributed by atoms with Crippen LogP contribution in [0.4, 0.5) is 11.4 Å². The van der Waals surface area contributed by atoms with E-state index in [1.807, 2.05) is 43.3 Å². The van der Waals surface area contributed by atoms with Gasteiger partial charge < -0.3 is 15.0 Å². The summed E-state index contributed by atoms with van der Waals surface area (Å²) in [5.74, 6) is 0.117. The van der Waals surface area contributed by atoms with E-state index in [1.165, 1.54) is 0 Å². The Bertz CT molecular complexity index is 831. The molecule has 0 aliphatic rings. The lowest BCUT2D eigenvalue weighted by Crippen LogP contribution is -2.21. The van der Waals surface area contributed by atoms with E-state index >= 15 is 0 Å². The van der Waals surface area contributed by atoms with Gasteiger partial charge in [-0.1, -0.05) is 24.3 Å². The molecule has 2 aromatic carbocycles. The predicted molar refractivity (Wildman–Crippen MR) is 110 cm³/mol. The summed E-state index contributed by atoms with van der Waals surface area (Å²) in [5, 5.41) is 12.2. The molecule has 0 atom stereocenters. The summed E-state index contributed by atoms with van der Waals surface area (Å²) in [5.41, 5.74) is 2.50. The monoisotopic (exact) mass is 363 g/mol. The molecule has 5 nitrogen and oxygen atoms in total. The van der Waals surface area contributed by atoms with E-state index < -0.39 is 5.91 Å². The molecule has 2 aromatic rings. The highest BCUT2D eigenvalue weighted by Gasteiger charge is 2.12. The number of benzene rings is 2. The molecule has 1 N–H and O–H groups in total. The van der Waals surface area contributed by atoms with Crippen LogP contribution in [0.1, 0.15) is 26.3 Å². The molecule has 0 fully saturated rings. The lowest BCUT2D eigenvalue weighted by Gasteiger charge is -2.20. The number of carbonyl (C=O) groups excluding carboxylic acids is 1. The van der Waals surface area contributed by atoms with Gasteiger partial charge in [0.15, 0.2) is 0 Å². The van der Waals surface area contributed by atoms with Gasteiger partial charge in [-0.25, -0.2) is 0 Å². The molecule has 0 aromatic heterocycles. The Hall–Kier alpha value is -3.26. The number of amides is 1. The summed E-state index contributed by atoms with van der Waals surface area (Å²) in [6, 6.07) is 17.0. The summed E-state index contributed by atoms with van der Waals surface area (Å²) in [7, 11) is 0. The number of hydrogen-bond acceptors (Lipinski definition) is 4. The molecule has 0 saturated carbocycles. The zero-order valence-corrected chi connectivity index (χ0v) is 16.0. The molecule has 2 rings (SSSR count). The predicted octanol–water partition coefficient (Wildman–Crippen LogP) is 4.48. The van der Waals surface area contributed by atoms with Gasteiger partial charge in [-0.05, 0) is 56.7 Å². The summed E-state index contributed by atoms with van der Waals surface area (Å²) in [6.45, 7) is 8.44. The van der Waals surface area contributed by atoms with E-state index in [0.29, 0.717) is 18.0 Å². The van der Waals surface area contributed by atoms with Crippen LogP contribution >= 0.6 is 0 Å². The van der Waals surface area contributed by atoms with Gasteiger partial charge in [0.1, 0.15) is 17.4 Å². The highest BCUT2D eigenvalue weighted by Crippen LogP contribution is 2.24. The second-order valence-corrected chi connectivity index (χ2v) is 5.82. The maximum absolute atomic E-state index is 12.5. The van der Waals surface area contributed by atoms with E-state index in [1.54, 1.807) is 24.3 Å². The van der Waals surface area contributed by atoms with Crippen molar-refractivity contribution >= 4 is 23.4 Å². The number of anilines is 2. The van der Waals surface area contributed by atoms with Crippen LogP contribution in [0, 0.1) is 11.3 Å². The largest absolute Gasteiger partial charge is 0.492 e. The minimum absolute atomic E-state index is 0.0388. The van der Waals surface area contributed by atoms with Crippen molar-refractivity contribution in [2.45, 2.75) is 20.8 Å². The van der Waals surface area contributed by atoms with E-state index in [2.05, 4.69) is 24.1 Å². The lowest BCUT2D eigenvalue weighted by atomic mass is 10.1. The average Bonchev–Trinajstić information content (AvgIpc) is 2.69. The van der Waals surface area contributed by atoms with Crippen molar-refractivity contribution in [2.75, 3.05) is 29.9 Å². The van der Waals surface area contributed by atoms with Gasteiger partial charge in [0.2, 0.25) is 0 Å². The number of nitrogens with one attached hydrogen (secondary N) is 1. The van der Waals surface area contributed by atoms with Gasteiger partial charge in [0.25, 0.3) is 5.91 Å². The molecule has 27 heavy (non-hydrogen) atoms. The summed E-state index contributed by atoms with van der Waals surface area (Å²) in [6.07, 6.45) is 1.59. The normalized spacial score (nSPS) is 10.8. The zero-order chi connectivity index (χ0) is 19.6. The Kier molecular flexibility index (Phi) is 7.45. The van der Waals surface area contributed by atoms with Crippen molar-refractivity contribution < 1.29 is 9.53 Å². The highest BCUT2D eigenvalue weighted by molar-refractivity contribution is 6.10. The van der Waals surface area contributed by atoms with Crippen LogP contribution in [0.15, 0.2) is 54.1 Å². The maximum Gasteiger partial charge on any atom is 0.266 e. The van der Waals surface area contributed by atoms with Crippen LogP contribution in [0.2, 0.25) is 0 Å². The molecular weight excluding hydrogens is 338 g/mol. The number of carbonyl (C=O) groups is 1. The molecule has 1 amide bonds. The molecule has 0 spiro atoms. The Labute approximate surface area is 160 Å². The molecular formula is C22H25N3O2. The van der Waals surface area contributed by atoms with E-state index in [9.17, 15) is 10.1 Å². The van der Waals surface area contributed by atoms with Crippen LogP contribution < -0.4 is 15.0 Å². The first-order chi connectivity index (χ1) is 13.1. The van der Waals surface area contributed by atoms with Gasteiger partial charge in [-0.2, -0.15) is 5.26 Å². The third-order valence-corrected chi connectivity index (χ3v) is 4.13. The van der Waals surface area contributed by atoms with Crippen molar-refractivity contribution in [3.05, 3.63) is 59.7 Å². The van der Waals surface area contributed by atoms with Crippen molar-refractivity contribution in [2.24, 2.45) is 0 Å². The maximum atomic E-state index is 12.5. The first kappa shape index (κ1) is 20.1. The standard InChI is InChI=1S/C22H25N3O2/c1-4-25(5-2)19-13-11-17(12-14-19)15-18(16-23)22(26)24-20-9-7-8-10-21(20)27-6-3/h7-15H,4-6H2,1-3H3,(H,24,26)/b18-15-. The van der Waals surface area contributed by atoms with Crippen LogP contribution in [-0.2, 0) is 4.79 Å². The number of nitrogens with zero attached hydrogens (tertiary/aromatic N) is 2. The topological polar surface area (TPSA) is 65.4 Å². The first-order valence-electron chi connectivity index (χ1n) is 9.12. The Morgan fingerprint density at radius 3 is 2.37 bits per heavy atom. The third-order valence-electron chi connectivity index (χ3n) is 4.13. The molecule has 0 radical (unpaired) electrons. The SMILES string of the molecule is CCOc1ccccc1NC(=O)/C(C#N)=C\c1ccc(N(CC)CC)cc1. The van der Waals surface area contributed by atoms with Crippen molar-refractivity contribution in [3.63, 3.8) is 0 Å². The number of para-hydroxylation sites is 2. The van der Waals surface area contributed by atoms with Crippen LogP contribution in [0.5, 0.6) is 5.75 Å². The van der Waals surface area contributed by atoms with Crippen molar-refractivity contribution in [1.29, 1.82) is 5.26 Å². The average molecular weight is 363 g/mol. The molecule has 0 unspecified atom stereocenters. The van der Waals surface area contributed by atoms with Gasteiger partial charge in [0, 0.05) is 18.8 Å². The fourth-order valence-electron chi connectivity index (χ4n) is 2.73. The van der Waals surface area contributed by atoms with E-state index in [0.717, 1.165) is 24.3 Å². The van der Waals surface area contributed by atoms with Crippen LogP contribution in [0.3, 0.4) is 0 Å². The van der Waals surface area contributed by atoms with Gasteiger partial charge in [-0.3, -0.25) is 4.79 Å². The first-order valence-corrected chi connectivity index (χ1v) is 9.12. The third kappa shape index (κ3) is 5.35. The molecule has 0 aliphatic heterocycles. The molecule has 140 valence electrons. The Morgan fingerprint density at radius 2 is 1.78 bits per heavy atom. The number of hydrogen-bond donors (Lipinski definition) is 1. The second kappa shape index (κ2) is 10.0. The number of ether oxygens (including phenoxy) is 1. The van der Waals surface area contributed by atoms with Crippen molar-refractivity contribution in [3.8, 4) is 11.8 Å². The van der Waals surface area contributed by atoms with Crippen molar-refractivity contribution in [1.82, 2.24) is 0 Å². The van der Waals surface area contributed by atoms with E-state index in [4.69, 9.17) is 4.74 Å². The van der Waals surface area contributed by atoms with Gasteiger partial charge >= 0.3 is 0 Å². The van der Waals surface area contributed by atoms with Crippen LogP contribution in [-0.4, -0.2) is 25.6 Å². The zero-order valence-electron chi connectivity index (χ0n) is 16.0. The second-order valence-electron chi connectivity index (χ2n) is 5.82. The number of nitriles is 1. The summed E-state index contributed by atoms with van der Waals surface area (Å²) in [4.78, 5) is 14.7. The molecule has 0 saturated heterocycles. The summed E-state index contributed by atoms with van der Waals surface area (Å²) < 4.78 is 5.50. The fraction of sp³-hybridized carbons (Fsp3) is 0.273. The Morgan fingerprint density at radius 1 is 1.11 bits per heavy atom. The van der Waals surface area contributed by atoms with Gasteiger partial charge in [0.05, 0.1) is 12.3 Å². The minimum atomic E-state index is -0.461. The smallest absolute Gasteiger partial charge is 0.266 e. The Balaban J connectivity index is 2.18. The highest BCUT2D eigenvalue weighted by atomic mass is 16.5. The number of rotatable bonds is 8. The quantitative estimate of drug-likeness (QED) is 0.555. The fourth-order valence-corrected chi connectivity index (χ4v) is 2.73.